The maximum atomic E-state index is 6.81. The highest BCUT2D eigenvalue weighted by Gasteiger charge is 2.25. The smallest absolute Gasteiger partial charge is 0.135 e. The number of anilines is 3. The van der Waals surface area contributed by atoms with Gasteiger partial charge in [0.1, 0.15) is 11.5 Å². The second-order valence-electron chi connectivity index (χ2n) is 17.9. The van der Waals surface area contributed by atoms with E-state index < -0.39 is 0 Å². The molecule has 0 amide bonds. The molecule has 1 aromatic heterocycles. The number of para-hydroxylation sites is 2. The zero-order valence-corrected chi connectivity index (χ0v) is 38.3. The molecule has 14 rings (SSSR count). The summed E-state index contributed by atoms with van der Waals surface area (Å²) in [5, 5.41) is 14.7. The van der Waals surface area contributed by atoms with Crippen LogP contribution in [0.5, 0.6) is 11.5 Å². The first-order valence-electron chi connectivity index (χ1n) is 23.6. The summed E-state index contributed by atoms with van der Waals surface area (Å²) in [6.07, 6.45) is 0. The lowest BCUT2D eigenvalue weighted by atomic mass is 9.92. The molecule has 0 aliphatic carbocycles. The van der Waals surface area contributed by atoms with E-state index in [2.05, 4.69) is 248 Å². The highest BCUT2D eigenvalue weighted by molar-refractivity contribution is 7.26. The molecule has 0 fully saturated rings. The van der Waals surface area contributed by atoms with Crippen LogP contribution in [0.15, 0.2) is 249 Å². The normalized spacial score (nSPS) is 11.9. The van der Waals surface area contributed by atoms with Gasteiger partial charge in [-0.25, -0.2) is 0 Å². The summed E-state index contributed by atoms with van der Waals surface area (Å²) >= 11 is 1.87. The third kappa shape index (κ3) is 6.32. The topological polar surface area (TPSA) is 12.5 Å². The summed E-state index contributed by atoms with van der Waals surface area (Å²) in [6.45, 7) is 0. The Morgan fingerprint density at radius 3 is 1.49 bits per heavy atom. The molecule has 0 radical (unpaired) electrons. The van der Waals surface area contributed by atoms with Gasteiger partial charge >= 0.3 is 0 Å². The summed E-state index contributed by atoms with van der Waals surface area (Å²) in [5.41, 5.74) is 9.86. The molecular formula is C66H41NOS. The van der Waals surface area contributed by atoms with E-state index in [0.717, 1.165) is 61.9 Å². The lowest BCUT2D eigenvalue weighted by molar-refractivity contribution is 0.488. The van der Waals surface area contributed by atoms with Crippen molar-refractivity contribution in [2.24, 2.45) is 0 Å². The fourth-order valence-corrected chi connectivity index (χ4v) is 12.2. The first-order valence-corrected chi connectivity index (χ1v) is 24.4. The molecule has 0 N–H and O–H groups in total. The molecule has 0 spiro atoms. The summed E-state index contributed by atoms with van der Waals surface area (Å²) in [6, 6.07) is 91.1. The highest BCUT2D eigenvalue weighted by Crippen LogP contribution is 2.51. The van der Waals surface area contributed by atoms with Crippen molar-refractivity contribution in [1.82, 2.24) is 0 Å². The predicted molar refractivity (Wildman–Crippen MR) is 296 cm³/mol. The van der Waals surface area contributed by atoms with Gasteiger partial charge in [-0.15, -0.1) is 11.3 Å². The second-order valence-corrected chi connectivity index (χ2v) is 19.0. The Hall–Kier alpha value is -8.76. The highest BCUT2D eigenvalue weighted by atomic mass is 32.1. The number of hydrogen-bond acceptors (Lipinski definition) is 3. The van der Waals surface area contributed by atoms with Crippen LogP contribution in [0.1, 0.15) is 0 Å². The van der Waals surface area contributed by atoms with E-state index in [4.69, 9.17) is 4.74 Å². The Balaban J connectivity index is 1.14. The molecule has 0 bridgehead atoms. The maximum Gasteiger partial charge on any atom is 0.135 e. The van der Waals surface area contributed by atoms with Crippen LogP contribution in [-0.4, -0.2) is 0 Å². The van der Waals surface area contributed by atoms with Crippen molar-refractivity contribution in [2.75, 3.05) is 4.90 Å². The largest absolute Gasteiger partial charge is 0.456 e. The van der Waals surface area contributed by atoms with E-state index in [1.54, 1.807) is 0 Å². The number of hydrogen-bond donors (Lipinski definition) is 0. The van der Waals surface area contributed by atoms with Crippen LogP contribution in [0, 0.1) is 0 Å². The van der Waals surface area contributed by atoms with Gasteiger partial charge in [-0.1, -0.05) is 194 Å². The molecule has 2 heterocycles. The van der Waals surface area contributed by atoms with Gasteiger partial charge in [-0.3, -0.25) is 0 Å². The molecule has 2 nitrogen and oxygen atoms in total. The van der Waals surface area contributed by atoms with Crippen molar-refractivity contribution in [3.05, 3.63) is 249 Å². The van der Waals surface area contributed by atoms with Gasteiger partial charge in [0, 0.05) is 48.2 Å². The summed E-state index contributed by atoms with van der Waals surface area (Å²) in [7, 11) is 0. The van der Waals surface area contributed by atoms with E-state index in [1.807, 2.05) is 17.4 Å². The average molecular weight is 896 g/mol. The number of nitrogens with zero attached hydrogens (tertiary/aromatic N) is 1. The Bertz CT molecular complexity index is 4300. The van der Waals surface area contributed by atoms with Crippen LogP contribution in [0.3, 0.4) is 0 Å². The van der Waals surface area contributed by atoms with Gasteiger partial charge in [-0.05, 0) is 125 Å². The molecule has 0 saturated heterocycles. The first kappa shape index (κ1) is 39.4. The number of rotatable bonds is 4. The van der Waals surface area contributed by atoms with Crippen molar-refractivity contribution in [3.8, 4) is 44.9 Å². The standard InChI is InChI=1S/C66H41NOS/c1-2-18-42(19-3-1)45-20-12-15-31-60(45)67(44-35-38-62-59(41-44)52-27-9-7-24-49(52)54-28-13-16-32-61(54)68-62)43-34-36-53-56-37-39-64-66(57-30-14-17-33-63(57)69-64)65(56)55-29-11-10-25-50(55)47-22-5-4-21-46(47)48-23-6-8-26-51(48)58(53)40-43/h1-41H. The van der Waals surface area contributed by atoms with Crippen molar-refractivity contribution >= 4 is 102 Å². The molecule has 3 heteroatoms. The van der Waals surface area contributed by atoms with E-state index >= 15 is 0 Å². The fourth-order valence-electron chi connectivity index (χ4n) is 11.1. The minimum absolute atomic E-state index is 0.828. The Kier molecular flexibility index (Phi) is 9.11. The van der Waals surface area contributed by atoms with Crippen LogP contribution in [0.2, 0.25) is 0 Å². The fraction of sp³-hybridized carbons (Fsp3) is 0. The third-order valence-corrected chi connectivity index (χ3v) is 15.2. The molecule has 13 aromatic rings. The number of fused-ring (bicyclic) bond motifs is 19. The van der Waals surface area contributed by atoms with Crippen LogP contribution < -0.4 is 9.64 Å². The van der Waals surface area contributed by atoms with Crippen molar-refractivity contribution in [2.45, 2.75) is 0 Å². The minimum Gasteiger partial charge on any atom is -0.456 e. The van der Waals surface area contributed by atoms with Crippen molar-refractivity contribution < 1.29 is 4.74 Å². The third-order valence-electron chi connectivity index (χ3n) is 14.1. The van der Waals surface area contributed by atoms with Gasteiger partial charge in [0.05, 0.1) is 5.69 Å². The number of benzene rings is 11. The zero-order chi connectivity index (χ0) is 45.4. The van der Waals surface area contributed by atoms with E-state index in [0.29, 0.717) is 0 Å². The van der Waals surface area contributed by atoms with Crippen LogP contribution in [0.25, 0.3) is 107 Å². The molecule has 69 heavy (non-hydrogen) atoms. The summed E-state index contributed by atoms with van der Waals surface area (Å²) in [5.74, 6) is 1.68. The van der Waals surface area contributed by atoms with Gasteiger partial charge < -0.3 is 9.64 Å². The van der Waals surface area contributed by atoms with Gasteiger partial charge in [-0.2, -0.15) is 0 Å². The second kappa shape index (κ2) is 16.0. The van der Waals surface area contributed by atoms with Gasteiger partial charge in [0.25, 0.3) is 0 Å². The number of thiophene rings is 1. The van der Waals surface area contributed by atoms with Crippen LogP contribution >= 0.6 is 11.3 Å². The summed E-state index contributed by atoms with van der Waals surface area (Å²) in [4.78, 5) is 2.45. The van der Waals surface area contributed by atoms with Crippen molar-refractivity contribution in [1.29, 1.82) is 0 Å². The molecule has 1 aliphatic heterocycles. The molecule has 12 aromatic carbocycles. The lowest BCUT2D eigenvalue weighted by Crippen LogP contribution is -2.11. The van der Waals surface area contributed by atoms with Gasteiger partial charge in [0.2, 0.25) is 0 Å². The molecule has 322 valence electrons. The molecule has 0 atom stereocenters. The Labute approximate surface area is 403 Å². The van der Waals surface area contributed by atoms with E-state index in [9.17, 15) is 0 Å². The average Bonchev–Trinajstić information content (AvgIpc) is 3.74. The molecule has 1 aliphatic rings. The van der Waals surface area contributed by atoms with Crippen molar-refractivity contribution in [3.63, 3.8) is 0 Å². The van der Waals surface area contributed by atoms with Crippen LogP contribution in [-0.2, 0) is 0 Å². The molecule has 0 saturated carbocycles. The lowest BCUT2D eigenvalue weighted by Gasteiger charge is -2.29. The van der Waals surface area contributed by atoms with Crippen LogP contribution in [0.4, 0.5) is 17.1 Å². The zero-order valence-electron chi connectivity index (χ0n) is 37.4. The summed E-state index contributed by atoms with van der Waals surface area (Å²) < 4.78 is 9.39. The van der Waals surface area contributed by atoms with E-state index in [1.165, 1.54) is 74.0 Å². The Morgan fingerprint density at radius 1 is 0.275 bits per heavy atom. The predicted octanol–water partition coefficient (Wildman–Crippen LogP) is 19.5. The van der Waals surface area contributed by atoms with E-state index in [-0.39, 0.29) is 0 Å². The quantitative estimate of drug-likeness (QED) is 0.175. The Morgan fingerprint density at radius 2 is 0.754 bits per heavy atom. The first-order chi connectivity index (χ1) is 34.2. The molecule has 0 unspecified atom stereocenters. The maximum absolute atomic E-state index is 6.81. The van der Waals surface area contributed by atoms with Gasteiger partial charge in [0.15, 0.2) is 0 Å². The SMILES string of the molecule is c1ccc(-c2ccccc2N(c2ccc3c(c2)-c2ccccc2-c2ccccc2O3)c2ccc3c(c2)c2ccccc2c2ccccc2c2ccccc2c2c3ccc3sc4ccccc4c32)cc1. The minimum atomic E-state index is 0.828. The monoisotopic (exact) mass is 895 g/mol. The molecular weight excluding hydrogens is 855 g/mol. The number of ether oxygens (including phenoxy) is 1.